The van der Waals surface area contributed by atoms with Crippen molar-refractivity contribution in [1.29, 1.82) is 0 Å². The minimum Gasteiger partial charge on any atom is -0.394 e. The molecule has 0 spiro atoms. The second-order valence-electron chi connectivity index (χ2n) is 22.6. The van der Waals surface area contributed by atoms with E-state index in [-0.39, 0.29) is 30.3 Å². The van der Waals surface area contributed by atoms with Gasteiger partial charge < -0.3 is 89.7 Å². The third-order valence-corrected chi connectivity index (χ3v) is 18.3. The van der Waals surface area contributed by atoms with Crippen LogP contribution in [0.1, 0.15) is 107 Å². The zero-order chi connectivity index (χ0) is 47.9. The zero-order valence-corrected chi connectivity index (χ0v) is 39.3. The summed E-state index contributed by atoms with van der Waals surface area (Å²) in [5.41, 5.74) is -2.41. The molecule has 25 atom stereocenters. The zero-order valence-electron chi connectivity index (χ0n) is 39.3. The Hall–Kier alpha value is -0.980. The number of ether oxygens (including phenoxy) is 6. The van der Waals surface area contributed by atoms with Gasteiger partial charge in [-0.1, -0.05) is 46.3 Å². The number of hydrogen-bond donors (Lipinski definition) is 12. The first-order valence-electron chi connectivity index (χ1n) is 23.9. The predicted octanol–water partition coefficient (Wildman–Crippen LogP) is -0.417. The van der Waals surface area contributed by atoms with Crippen LogP contribution in [-0.2, 0) is 28.4 Å². The Morgan fingerprint density at radius 1 is 0.692 bits per heavy atom. The molecule has 0 radical (unpaired) electrons. The van der Waals surface area contributed by atoms with Gasteiger partial charge in [0.2, 0.25) is 0 Å². The van der Waals surface area contributed by atoms with Gasteiger partial charge in [0.15, 0.2) is 18.9 Å². The first kappa shape index (κ1) is 51.9. The van der Waals surface area contributed by atoms with Gasteiger partial charge in [0.05, 0.1) is 43.7 Å². The molecule has 3 saturated heterocycles. The summed E-state index contributed by atoms with van der Waals surface area (Å²) in [6.45, 7) is 15.0. The molecule has 12 N–H and O–H groups in total. The molecule has 7 rings (SSSR count). The summed E-state index contributed by atoms with van der Waals surface area (Å²) in [7, 11) is 0. The Balaban J connectivity index is 1.27. The number of aliphatic hydroxyl groups is 12. The molecule has 0 bridgehead atoms. The number of allylic oxidation sites excluding steroid dienone is 2. The molecule has 376 valence electrons. The van der Waals surface area contributed by atoms with Crippen molar-refractivity contribution in [2.75, 3.05) is 19.8 Å². The van der Waals surface area contributed by atoms with Crippen LogP contribution in [0.3, 0.4) is 0 Å². The van der Waals surface area contributed by atoms with E-state index in [0.717, 1.165) is 5.57 Å². The van der Waals surface area contributed by atoms with Crippen LogP contribution in [0.4, 0.5) is 0 Å². The lowest BCUT2D eigenvalue weighted by Gasteiger charge is -2.72. The van der Waals surface area contributed by atoms with Crippen LogP contribution < -0.4 is 0 Å². The molecule has 0 amide bonds. The highest BCUT2D eigenvalue weighted by Crippen LogP contribution is 2.76. The van der Waals surface area contributed by atoms with Crippen molar-refractivity contribution in [3.63, 3.8) is 0 Å². The van der Waals surface area contributed by atoms with Crippen molar-refractivity contribution in [1.82, 2.24) is 0 Å². The summed E-state index contributed by atoms with van der Waals surface area (Å²) in [4.78, 5) is 0. The largest absolute Gasteiger partial charge is 0.394 e. The van der Waals surface area contributed by atoms with Crippen LogP contribution in [0, 0.1) is 45.3 Å². The van der Waals surface area contributed by atoms with Gasteiger partial charge in [0.1, 0.15) is 67.1 Å². The fraction of sp³-hybridized carbons (Fsp3) is 0.957. The van der Waals surface area contributed by atoms with E-state index >= 15 is 0 Å². The highest BCUT2D eigenvalue weighted by molar-refractivity contribution is 5.22. The van der Waals surface area contributed by atoms with Crippen molar-refractivity contribution in [2.45, 2.75) is 217 Å². The van der Waals surface area contributed by atoms with Gasteiger partial charge in [0, 0.05) is 0 Å². The fourth-order valence-electron chi connectivity index (χ4n) is 14.6. The van der Waals surface area contributed by atoms with Crippen LogP contribution in [0.15, 0.2) is 11.6 Å². The van der Waals surface area contributed by atoms with Crippen molar-refractivity contribution in [2.24, 2.45) is 45.3 Å². The van der Waals surface area contributed by atoms with E-state index in [4.69, 9.17) is 28.4 Å². The second-order valence-corrected chi connectivity index (χ2v) is 22.6. The third-order valence-electron chi connectivity index (χ3n) is 18.3. The van der Waals surface area contributed by atoms with Gasteiger partial charge in [-0.15, -0.1) is 0 Å². The minimum absolute atomic E-state index is 0.0828. The van der Waals surface area contributed by atoms with Gasteiger partial charge >= 0.3 is 0 Å². The van der Waals surface area contributed by atoms with Gasteiger partial charge in [0.25, 0.3) is 0 Å². The molecule has 65 heavy (non-hydrogen) atoms. The van der Waals surface area contributed by atoms with Gasteiger partial charge in [-0.2, -0.15) is 0 Å². The van der Waals surface area contributed by atoms with E-state index in [2.05, 4.69) is 26.8 Å². The summed E-state index contributed by atoms with van der Waals surface area (Å²) >= 11 is 0. The molecule has 4 aliphatic carbocycles. The maximum absolute atomic E-state index is 12.7. The van der Waals surface area contributed by atoms with Crippen LogP contribution in [-0.4, -0.2) is 191 Å². The first-order valence-corrected chi connectivity index (χ1v) is 23.9. The van der Waals surface area contributed by atoms with Crippen molar-refractivity contribution in [3.8, 4) is 0 Å². The number of hydrogen-bond acceptors (Lipinski definition) is 18. The molecule has 18 heteroatoms. The van der Waals surface area contributed by atoms with Crippen LogP contribution in [0.2, 0.25) is 0 Å². The van der Waals surface area contributed by atoms with Crippen LogP contribution >= 0.6 is 0 Å². The molecule has 0 aromatic carbocycles. The first-order chi connectivity index (χ1) is 30.3. The Morgan fingerprint density at radius 2 is 1.31 bits per heavy atom. The predicted molar refractivity (Wildman–Crippen MR) is 229 cm³/mol. The summed E-state index contributed by atoms with van der Waals surface area (Å²) < 4.78 is 37.7. The van der Waals surface area contributed by atoms with Crippen LogP contribution in [0.25, 0.3) is 0 Å². The standard InChI is InChI=1S/C47H80O18/c1-21(2)10-9-13-47(8,65-41-37(59)34(56)32(54)26(18-48)62-41)22-11-15-45(6)30(22)23(50)16-28-44(5)14-12-29(52)43(3,4)39(44)25(17-46(28,45)7)61-42-38(35(57)33(55)27(19-49)63-42)64-40-36(58)31(53)24(51)20-60-40/h10,22-42,48-59H,9,11-20H2,1-8H3/t22-,23-,24+,25-,26+,27+,28-,29+,30-,31+,32+,33+,34+,35+,36+,37+,38+,39-,40+,41+,42-,44+,45+,46+,47-/m0/s1. The van der Waals surface area contributed by atoms with E-state index in [0.29, 0.717) is 51.4 Å². The number of aliphatic hydroxyl groups excluding tert-OH is 12. The molecule has 7 aliphatic rings. The lowest BCUT2D eigenvalue weighted by molar-refractivity contribution is -0.377. The number of fused-ring (bicyclic) bond motifs is 5. The monoisotopic (exact) mass is 933 g/mol. The molecule has 7 fully saturated rings. The Morgan fingerprint density at radius 3 is 1.94 bits per heavy atom. The van der Waals surface area contributed by atoms with E-state index in [9.17, 15) is 61.3 Å². The van der Waals surface area contributed by atoms with Crippen LogP contribution in [0.5, 0.6) is 0 Å². The van der Waals surface area contributed by atoms with E-state index in [1.165, 1.54) is 0 Å². The molecule has 3 heterocycles. The highest BCUT2D eigenvalue weighted by atomic mass is 16.8. The van der Waals surface area contributed by atoms with Gasteiger partial charge in [-0.05, 0) is 117 Å². The average Bonchev–Trinajstić information content (AvgIpc) is 3.63. The summed E-state index contributed by atoms with van der Waals surface area (Å²) in [6.07, 6.45) is -17.2. The van der Waals surface area contributed by atoms with Crippen molar-refractivity contribution in [3.05, 3.63) is 11.6 Å². The smallest absolute Gasteiger partial charge is 0.187 e. The third kappa shape index (κ3) is 8.72. The van der Waals surface area contributed by atoms with Crippen molar-refractivity contribution < 1.29 is 89.7 Å². The molecular weight excluding hydrogens is 852 g/mol. The second kappa shape index (κ2) is 19.0. The van der Waals surface area contributed by atoms with E-state index in [1.54, 1.807) is 0 Å². The summed E-state index contributed by atoms with van der Waals surface area (Å²) in [5, 5.41) is 131. The SMILES string of the molecule is CC(C)=CCC[C@](C)(O[C@H]1O[C@H](CO)[C@@H](O)[C@@H](O)[C@H]1O)[C@H]1CC[C@]2(C)[C@@H]1[C@@H](O)C[C@H]1[C@@]3(C)CC[C@@H](O)C(C)(C)[C@@H]3[C@@H](O[C@H]3O[C@H](CO)[C@@H](O)[C@@H](O)[C@H]3O[C@H]3OC[C@@H](O)[C@@H](O)[C@H]3O)C[C@]12C. The lowest BCUT2D eigenvalue weighted by atomic mass is 9.34. The molecule has 0 aromatic rings. The summed E-state index contributed by atoms with van der Waals surface area (Å²) in [5.74, 6) is -1.11. The Kier molecular flexibility index (Phi) is 15.1. The Labute approximate surface area is 382 Å². The molecule has 0 aromatic heterocycles. The topological polar surface area (TPSA) is 298 Å². The van der Waals surface area contributed by atoms with E-state index < -0.39 is 145 Å². The Bertz CT molecular complexity index is 1660. The fourth-order valence-corrected chi connectivity index (χ4v) is 14.6. The minimum atomic E-state index is -1.73. The maximum atomic E-state index is 12.7. The molecule has 18 nitrogen and oxygen atoms in total. The van der Waals surface area contributed by atoms with Gasteiger partial charge in [-0.3, -0.25) is 0 Å². The normalized spacial score (nSPS) is 53.0. The van der Waals surface area contributed by atoms with Crippen molar-refractivity contribution >= 4 is 0 Å². The highest BCUT2D eigenvalue weighted by Gasteiger charge is 2.74. The molecule has 0 unspecified atom stereocenters. The molecule has 4 saturated carbocycles. The quantitative estimate of drug-likeness (QED) is 0.0874. The van der Waals surface area contributed by atoms with Gasteiger partial charge in [-0.25, -0.2) is 0 Å². The molecule has 3 aliphatic heterocycles. The average molecular weight is 933 g/mol. The lowest BCUT2D eigenvalue weighted by Crippen LogP contribution is -2.71. The number of rotatable bonds is 12. The summed E-state index contributed by atoms with van der Waals surface area (Å²) in [6, 6.07) is 0. The maximum Gasteiger partial charge on any atom is 0.187 e. The molecular formula is C47H80O18. The van der Waals surface area contributed by atoms with E-state index in [1.807, 2.05) is 34.6 Å².